The minimum absolute atomic E-state index is 0.180. The number of carbonyl (C=O) groups excluding carboxylic acids is 1. The average molecular weight is 273 g/mol. The predicted molar refractivity (Wildman–Crippen MR) is 70.4 cm³/mol. The molecule has 3 rings (SSSR count). The molecule has 0 fully saturated rings. The molecule has 20 heavy (non-hydrogen) atoms. The molecule has 1 amide bonds. The largest absolute Gasteiger partial charge is 0.324 e. The molecule has 100 valence electrons. The summed E-state index contributed by atoms with van der Waals surface area (Å²) in [4.78, 5) is 18.9. The van der Waals surface area contributed by atoms with E-state index in [4.69, 9.17) is 0 Å². The third-order valence-corrected chi connectivity index (χ3v) is 2.82. The Morgan fingerprint density at radius 1 is 1.10 bits per heavy atom. The van der Waals surface area contributed by atoms with Crippen LogP contribution in [0.2, 0.25) is 0 Å². The highest BCUT2D eigenvalue weighted by molar-refractivity contribution is 6.04. The molecular weight excluding hydrogens is 264 g/mol. The Hall–Kier alpha value is -2.76. The predicted octanol–water partition coefficient (Wildman–Crippen LogP) is 3.09. The summed E-state index contributed by atoms with van der Waals surface area (Å²) in [6, 6.07) is 10.6. The van der Waals surface area contributed by atoms with Crippen LogP contribution in [-0.2, 0) is 0 Å². The number of anilines is 1. The number of rotatable bonds is 2. The second-order valence-electron chi connectivity index (χ2n) is 4.16. The molecule has 0 spiro atoms. The Morgan fingerprint density at radius 2 is 1.90 bits per heavy atom. The number of hydrogen-bond acceptors (Lipinski definition) is 2. The number of H-pyrrole nitrogens is 1. The van der Waals surface area contributed by atoms with Gasteiger partial charge < -0.3 is 4.98 Å². The first-order valence-corrected chi connectivity index (χ1v) is 5.85. The normalized spacial score (nSPS) is 10.7. The molecule has 4 nitrogen and oxygen atoms in total. The Kier molecular flexibility index (Phi) is 2.90. The summed E-state index contributed by atoms with van der Waals surface area (Å²) in [5, 5.41) is 2.40. The highest BCUT2D eigenvalue weighted by atomic mass is 19.2. The molecule has 6 heteroatoms. The molecule has 3 aromatic rings. The number of benzene rings is 2. The number of nitrogens with zero attached hydrogens (tertiary/aromatic N) is 1. The van der Waals surface area contributed by atoms with E-state index < -0.39 is 17.5 Å². The number of imidazole rings is 1. The molecule has 0 aliphatic rings. The van der Waals surface area contributed by atoms with Crippen molar-refractivity contribution < 1.29 is 13.6 Å². The fourth-order valence-electron chi connectivity index (χ4n) is 1.87. The van der Waals surface area contributed by atoms with Crippen molar-refractivity contribution in [3.05, 3.63) is 59.7 Å². The van der Waals surface area contributed by atoms with Crippen molar-refractivity contribution in [2.24, 2.45) is 0 Å². The number of aromatic nitrogens is 2. The monoisotopic (exact) mass is 273 g/mol. The van der Waals surface area contributed by atoms with Gasteiger partial charge >= 0.3 is 0 Å². The van der Waals surface area contributed by atoms with Crippen LogP contribution in [0.5, 0.6) is 0 Å². The van der Waals surface area contributed by atoms with Gasteiger partial charge in [0, 0.05) is 0 Å². The van der Waals surface area contributed by atoms with Gasteiger partial charge in [-0.05, 0) is 24.3 Å². The van der Waals surface area contributed by atoms with Crippen LogP contribution in [0, 0.1) is 11.6 Å². The Balaban J connectivity index is 1.90. The maximum atomic E-state index is 13.5. The summed E-state index contributed by atoms with van der Waals surface area (Å²) in [5.41, 5.74) is 1.04. The first-order chi connectivity index (χ1) is 9.65. The number of hydrogen-bond donors (Lipinski definition) is 2. The van der Waals surface area contributed by atoms with Gasteiger partial charge in [-0.1, -0.05) is 18.2 Å². The van der Waals surface area contributed by atoms with Crippen molar-refractivity contribution in [1.82, 2.24) is 9.97 Å². The molecule has 0 radical (unpaired) electrons. The minimum Gasteiger partial charge on any atom is -0.324 e. The zero-order chi connectivity index (χ0) is 14.1. The SMILES string of the molecule is O=C(Nc1nc2ccccc2[nH]1)c1cccc(F)c1F. The molecular formula is C14H9F2N3O. The number of aromatic amines is 1. The first kappa shape index (κ1) is 12.3. The standard InChI is InChI=1S/C14H9F2N3O/c15-9-5-3-4-8(12(9)16)13(20)19-14-17-10-6-1-2-7-11(10)18-14/h1-7H,(H2,17,18,19,20). The first-order valence-electron chi connectivity index (χ1n) is 5.85. The van der Waals surface area contributed by atoms with E-state index in [2.05, 4.69) is 15.3 Å². The third kappa shape index (κ3) is 2.11. The zero-order valence-corrected chi connectivity index (χ0v) is 10.2. The van der Waals surface area contributed by atoms with Crippen molar-refractivity contribution in [3.63, 3.8) is 0 Å². The number of amides is 1. The quantitative estimate of drug-likeness (QED) is 0.753. The summed E-state index contributed by atoms with van der Waals surface area (Å²) in [5.74, 6) is -2.83. The van der Waals surface area contributed by atoms with Crippen LogP contribution in [0.3, 0.4) is 0 Å². The molecule has 0 saturated carbocycles. The van der Waals surface area contributed by atoms with Crippen LogP contribution in [0.15, 0.2) is 42.5 Å². The summed E-state index contributed by atoms with van der Waals surface area (Å²) in [6.45, 7) is 0. The Labute approximate surface area is 112 Å². The van der Waals surface area contributed by atoms with Crippen LogP contribution in [0.25, 0.3) is 11.0 Å². The molecule has 2 aromatic carbocycles. The van der Waals surface area contributed by atoms with E-state index in [1.54, 1.807) is 18.2 Å². The molecule has 0 aliphatic heterocycles. The number of fused-ring (bicyclic) bond motifs is 1. The number of nitrogens with one attached hydrogen (secondary N) is 2. The molecule has 1 heterocycles. The van der Waals surface area contributed by atoms with Crippen LogP contribution in [0.4, 0.5) is 14.7 Å². The lowest BCUT2D eigenvalue weighted by Crippen LogP contribution is -2.15. The lowest BCUT2D eigenvalue weighted by molar-refractivity contribution is 0.102. The van der Waals surface area contributed by atoms with Gasteiger partial charge in [0.25, 0.3) is 5.91 Å². The maximum absolute atomic E-state index is 13.5. The second kappa shape index (κ2) is 4.73. The third-order valence-electron chi connectivity index (χ3n) is 2.82. The van der Waals surface area contributed by atoms with Crippen LogP contribution in [-0.4, -0.2) is 15.9 Å². The van der Waals surface area contributed by atoms with E-state index in [9.17, 15) is 13.6 Å². The van der Waals surface area contributed by atoms with E-state index in [0.717, 1.165) is 11.6 Å². The van der Waals surface area contributed by atoms with E-state index in [1.165, 1.54) is 12.1 Å². The summed E-state index contributed by atoms with van der Waals surface area (Å²) < 4.78 is 26.6. The molecule has 0 unspecified atom stereocenters. The van der Waals surface area contributed by atoms with Crippen molar-refractivity contribution in [1.29, 1.82) is 0 Å². The fraction of sp³-hybridized carbons (Fsp3) is 0. The highest BCUT2D eigenvalue weighted by Gasteiger charge is 2.16. The van der Waals surface area contributed by atoms with Crippen molar-refractivity contribution in [2.75, 3.05) is 5.32 Å². The molecule has 0 bridgehead atoms. The minimum atomic E-state index is -1.18. The molecule has 1 aromatic heterocycles. The van der Waals surface area contributed by atoms with E-state index in [-0.39, 0.29) is 11.5 Å². The summed E-state index contributed by atoms with van der Waals surface area (Å²) in [7, 11) is 0. The lowest BCUT2D eigenvalue weighted by atomic mass is 10.2. The van der Waals surface area contributed by atoms with E-state index in [0.29, 0.717) is 5.52 Å². The van der Waals surface area contributed by atoms with Crippen LogP contribution < -0.4 is 5.32 Å². The summed E-state index contributed by atoms with van der Waals surface area (Å²) >= 11 is 0. The second-order valence-corrected chi connectivity index (χ2v) is 4.16. The smallest absolute Gasteiger partial charge is 0.261 e. The fourth-order valence-corrected chi connectivity index (χ4v) is 1.87. The van der Waals surface area contributed by atoms with Gasteiger partial charge in [0.05, 0.1) is 16.6 Å². The van der Waals surface area contributed by atoms with Gasteiger partial charge in [0.1, 0.15) is 0 Å². The highest BCUT2D eigenvalue weighted by Crippen LogP contribution is 2.16. The molecule has 0 aliphatic carbocycles. The average Bonchev–Trinajstić information content (AvgIpc) is 2.83. The topological polar surface area (TPSA) is 57.8 Å². The van der Waals surface area contributed by atoms with Crippen molar-refractivity contribution >= 4 is 22.9 Å². The van der Waals surface area contributed by atoms with Crippen molar-refractivity contribution in [3.8, 4) is 0 Å². The molecule has 2 N–H and O–H groups in total. The number of carbonyl (C=O) groups is 1. The number of para-hydroxylation sites is 2. The summed E-state index contributed by atoms with van der Waals surface area (Å²) in [6.07, 6.45) is 0. The Morgan fingerprint density at radius 3 is 2.70 bits per heavy atom. The van der Waals surface area contributed by atoms with Gasteiger partial charge in [0.15, 0.2) is 11.6 Å². The van der Waals surface area contributed by atoms with Crippen LogP contribution in [0.1, 0.15) is 10.4 Å². The van der Waals surface area contributed by atoms with Crippen molar-refractivity contribution in [2.45, 2.75) is 0 Å². The maximum Gasteiger partial charge on any atom is 0.261 e. The lowest BCUT2D eigenvalue weighted by Gasteiger charge is -2.03. The van der Waals surface area contributed by atoms with E-state index >= 15 is 0 Å². The van der Waals surface area contributed by atoms with Gasteiger partial charge in [-0.3, -0.25) is 10.1 Å². The Bertz CT molecular complexity index is 765. The van der Waals surface area contributed by atoms with Crippen LogP contribution >= 0.6 is 0 Å². The zero-order valence-electron chi connectivity index (χ0n) is 10.2. The van der Waals surface area contributed by atoms with Gasteiger partial charge in [-0.15, -0.1) is 0 Å². The van der Waals surface area contributed by atoms with E-state index in [1.807, 2.05) is 6.07 Å². The molecule has 0 atom stereocenters. The molecule has 0 saturated heterocycles. The number of halogens is 2. The van der Waals surface area contributed by atoms with Gasteiger partial charge in [-0.25, -0.2) is 13.8 Å². The van der Waals surface area contributed by atoms with Gasteiger partial charge in [0.2, 0.25) is 5.95 Å². The van der Waals surface area contributed by atoms with Gasteiger partial charge in [-0.2, -0.15) is 0 Å².